The van der Waals surface area contributed by atoms with E-state index in [9.17, 15) is 9.18 Å². The lowest BCUT2D eigenvalue weighted by atomic mass is 10.3. The van der Waals surface area contributed by atoms with E-state index in [4.69, 9.17) is 9.68 Å². The topological polar surface area (TPSA) is 82.2 Å². The second-order valence-electron chi connectivity index (χ2n) is 5.38. The van der Waals surface area contributed by atoms with Crippen LogP contribution in [0.4, 0.5) is 9.52 Å². The van der Waals surface area contributed by atoms with Crippen molar-refractivity contribution in [3.63, 3.8) is 0 Å². The van der Waals surface area contributed by atoms with Crippen LogP contribution in [0.15, 0.2) is 41.0 Å². The van der Waals surface area contributed by atoms with Crippen LogP contribution in [0.3, 0.4) is 0 Å². The first-order valence-corrected chi connectivity index (χ1v) is 8.43. The number of fused-ring (bicyclic) bond motifs is 1. The summed E-state index contributed by atoms with van der Waals surface area (Å²) >= 11 is 1.22. The highest BCUT2D eigenvalue weighted by Gasteiger charge is 2.14. The fourth-order valence-corrected chi connectivity index (χ4v) is 3.27. The zero-order chi connectivity index (χ0) is 17.6. The maximum absolute atomic E-state index is 13.2. The van der Waals surface area contributed by atoms with Gasteiger partial charge >= 0.3 is 0 Å². The fourth-order valence-electron chi connectivity index (χ4n) is 2.36. The summed E-state index contributed by atoms with van der Waals surface area (Å²) in [5.74, 6) is 0.139. The summed E-state index contributed by atoms with van der Waals surface area (Å²) in [6.45, 7) is 0.996. The molecule has 0 spiro atoms. The van der Waals surface area contributed by atoms with Gasteiger partial charge in [-0.05, 0) is 30.3 Å². The molecule has 1 aromatic carbocycles. The number of nitrogens with one attached hydrogen (secondary N) is 1. The predicted molar refractivity (Wildman–Crippen MR) is 92.4 cm³/mol. The molecule has 0 aliphatic carbocycles. The molecule has 0 radical (unpaired) electrons. The van der Waals surface area contributed by atoms with Crippen molar-refractivity contribution in [1.82, 2.24) is 9.88 Å². The Hall–Kier alpha value is -2.76. The molecule has 1 amide bonds. The van der Waals surface area contributed by atoms with Crippen molar-refractivity contribution in [3.05, 3.63) is 48.2 Å². The molecule has 128 valence electrons. The molecule has 3 rings (SSSR count). The molecule has 0 saturated carbocycles. The summed E-state index contributed by atoms with van der Waals surface area (Å²) < 4.78 is 19.2. The lowest BCUT2D eigenvalue weighted by molar-refractivity contribution is -0.117. The van der Waals surface area contributed by atoms with Crippen molar-refractivity contribution in [2.45, 2.75) is 13.0 Å². The van der Waals surface area contributed by atoms with Gasteiger partial charge in [-0.15, -0.1) is 0 Å². The monoisotopic (exact) mass is 358 g/mol. The number of carbonyl (C=O) groups is 1. The Kier molecular flexibility index (Phi) is 5.38. The van der Waals surface area contributed by atoms with Crippen LogP contribution in [-0.4, -0.2) is 28.9 Å². The first kappa shape index (κ1) is 17.1. The summed E-state index contributed by atoms with van der Waals surface area (Å²) in [4.78, 5) is 18.4. The number of halogens is 1. The Morgan fingerprint density at radius 2 is 2.32 bits per heavy atom. The number of nitrogens with zero attached hydrogens (tertiary/aromatic N) is 3. The van der Waals surface area contributed by atoms with E-state index in [1.54, 1.807) is 18.4 Å². The van der Waals surface area contributed by atoms with Crippen LogP contribution in [0.1, 0.15) is 12.2 Å². The Balaban J connectivity index is 1.64. The largest absolute Gasteiger partial charge is 0.468 e. The van der Waals surface area contributed by atoms with E-state index in [1.807, 2.05) is 11.0 Å². The molecule has 0 aliphatic heterocycles. The number of thiazole rings is 1. The van der Waals surface area contributed by atoms with Gasteiger partial charge in [-0.3, -0.25) is 9.69 Å². The van der Waals surface area contributed by atoms with E-state index in [0.29, 0.717) is 34.9 Å². The van der Waals surface area contributed by atoms with Gasteiger partial charge in [-0.1, -0.05) is 11.3 Å². The average molecular weight is 358 g/mol. The number of aromatic nitrogens is 1. The van der Waals surface area contributed by atoms with Gasteiger partial charge in [0.1, 0.15) is 11.6 Å². The number of anilines is 1. The highest BCUT2D eigenvalue weighted by atomic mass is 32.1. The predicted octanol–water partition coefficient (Wildman–Crippen LogP) is 3.38. The summed E-state index contributed by atoms with van der Waals surface area (Å²) in [6.07, 6.45) is 1.88. The first-order chi connectivity index (χ1) is 12.1. The molecule has 6 nitrogen and oxygen atoms in total. The lowest BCUT2D eigenvalue weighted by Crippen LogP contribution is -2.33. The number of benzene rings is 1. The highest BCUT2D eigenvalue weighted by molar-refractivity contribution is 7.22. The SMILES string of the molecule is N#CCCN(CC(=O)Nc1nc2ccc(F)cc2s1)Cc1ccco1. The Morgan fingerprint density at radius 3 is 3.08 bits per heavy atom. The van der Waals surface area contributed by atoms with Gasteiger partial charge < -0.3 is 9.73 Å². The number of amides is 1. The van der Waals surface area contributed by atoms with Crippen LogP contribution in [0.5, 0.6) is 0 Å². The zero-order valence-electron chi connectivity index (χ0n) is 13.2. The summed E-state index contributed by atoms with van der Waals surface area (Å²) in [5.41, 5.74) is 0.638. The van der Waals surface area contributed by atoms with Crippen molar-refractivity contribution in [2.75, 3.05) is 18.4 Å². The third-order valence-electron chi connectivity index (χ3n) is 3.46. The van der Waals surface area contributed by atoms with Crippen LogP contribution >= 0.6 is 11.3 Å². The van der Waals surface area contributed by atoms with Crippen LogP contribution in [-0.2, 0) is 11.3 Å². The van der Waals surface area contributed by atoms with Gasteiger partial charge in [0, 0.05) is 13.0 Å². The number of hydrogen-bond donors (Lipinski definition) is 1. The molecule has 1 N–H and O–H groups in total. The molecular formula is C17H15FN4O2S. The second-order valence-corrected chi connectivity index (χ2v) is 6.41. The molecule has 25 heavy (non-hydrogen) atoms. The molecule has 0 unspecified atom stereocenters. The number of hydrogen-bond acceptors (Lipinski definition) is 6. The Labute approximate surface area is 147 Å². The molecule has 2 heterocycles. The van der Waals surface area contributed by atoms with Crippen molar-refractivity contribution in [2.24, 2.45) is 0 Å². The van der Waals surface area contributed by atoms with Crippen molar-refractivity contribution in [1.29, 1.82) is 5.26 Å². The molecule has 3 aromatic rings. The maximum atomic E-state index is 13.2. The van der Waals surface area contributed by atoms with Crippen molar-refractivity contribution < 1.29 is 13.6 Å². The molecule has 2 aromatic heterocycles. The minimum atomic E-state index is -0.338. The highest BCUT2D eigenvalue weighted by Crippen LogP contribution is 2.26. The van der Waals surface area contributed by atoms with Gasteiger partial charge in [0.2, 0.25) is 5.91 Å². The molecule has 0 saturated heterocycles. The fraction of sp³-hybridized carbons (Fsp3) is 0.235. The Bertz CT molecular complexity index is 901. The van der Waals surface area contributed by atoms with E-state index in [2.05, 4.69) is 16.4 Å². The third kappa shape index (κ3) is 4.62. The summed E-state index contributed by atoms with van der Waals surface area (Å²) in [6, 6.07) is 9.97. The molecular weight excluding hydrogens is 343 g/mol. The van der Waals surface area contributed by atoms with Crippen molar-refractivity contribution >= 4 is 32.6 Å². The summed E-state index contributed by atoms with van der Waals surface area (Å²) in [5, 5.41) is 11.9. The van der Waals surface area contributed by atoms with E-state index < -0.39 is 0 Å². The number of rotatable bonds is 7. The van der Waals surface area contributed by atoms with E-state index in [1.165, 1.54) is 23.5 Å². The first-order valence-electron chi connectivity index (χ1n) is 7.61. The van der Waals surface area contributed by atoms with Crippen LogP contribution in [0.25, 0.3) is 10.2 Å². The van der Waals surface area contributed by atoms with Crippen molar-refractivity contribution in [3.8, 4) is 6.07 Å². The number of nitriles is 1. The minimum absolute atomic E-state index is 0.104. The zero-order valence-corrected chi connectivity index (χ0v) is 14.1. The van der Waals surface area contributed by atoms with E-state index in [0.717, 1.165) is 5.76 Å². The average Bonchev–Trinajstić information content (AvgIpc) is 3.21. The normalized spacial score (nSPS) is 10.9. The smallest absolute Gasteiger partial charge is 0.240 e. The van der Waals surface area contributed by atoms with E-state index >= 15 is 0 Å². The number of carbonyl (C=O) groups excluding carboxylic acids is 1. The van der Waals surface area contributed by atoms with E-state index in [-0.39, 0.29) is 18.3 Å². The van der Waals surface area contributed by atoms with Crippen LogP contribution < -0.4 is 5.32 Å². The molecule has 0 fully saturated rings. The van der Waals surface area contributed by atoms with Crippen LogP contribution in [0, 0.1) is 17.1 Å². The summed E-state index contributed by atoms with van der Waals surface area (Å²) in [7, 11) is 0. The molecule has 8 heteroatoms. The van der Waals surface area contributed by atoms with Gasteiger partial charge in [0.15, 0.2) is 5.13 Å². The Morgan fingerprint density at radius 1 is 1.44 bits per heavy atom. The number of furan rings is 1. The molecule has 0 aliphatic rings. The van der Waals surface area contributed by atoms with Crippen LogP contribution in [0.2, 0.25) is 0 Å². The quantitative estimate of drug-likeness (QED) is 0.700. The van der Waals surface area contributed by atoms with Gasteiger partial charge in [-0.25, -0.2) is 9.37 Å². The third-order valence-corrected chi connectivity index (χ3v) is 4.40. The second kappa shape index (κ2) is 7.88. The van der Waals surface area contributed by atoms with Gasteiger partial charge in [-0.2, -0.15) is 5.26 Å². The lowest BCUT2D eigenvalue weighted by Gasteiger charge is -2.18. The van der Waals surface area contributed by atoms with Gasteiger partial charge in [0.05, 0.1) is 35.6 Å². The molecule has 0 bridgehead atoms. The standard InChI is InChI=1S/C17H15FN4O2S/c18-12-4-5-14-15(9-12)25-17(20-14)21-16(23)11-22(7-2-6-19)10-13-3-1-8-24-13/h1,3-5,8-9H,2,7,10-11H2,(H,20,21,23). The maximum Gasteiger partial charge on any atom is 0.240 e. The van der Waals surface area contributed by atoms with Gasteiger partial charge in [0.25, 0.3) is 0 Å². The minimum Gasteiger partial charge on any atom is -0.468 e. The molecule has 0 atom stereocenters.